The van der Waals surface area contributed by atoms with Gasteiger partial charge in [-0.3, -0.25) is 14.6 Å². The molecule has 7 nitrogen and oxygen atoms in total. The number of nitrogens with zero attached hydrogens (tertiary/aromatic N) is 4. The number of rotatable bonds is 6. The summed E-state index contributed by atoms with van der Waals surface area (Å²) in [5.74, 6) is 0.519. The molecule has 1 fully saturated rings. The Bertz CT molecular complexity index is 986. The molecular weight excluding hydrogens is 385 g/mol. The predicted octanol–water partition coefficient (Wildman–Crippen LogP) is 3.19. The van der Waals surface area contributed by atoms with Crippen molar-refractivity contribution in [2.45, 2.75) is 13.0 Å². The Morgan fingerprint density at radius 2 is 1.80 bits per heavy atom. The van der Waals surface area contributed by atoms with Gasteiger partial charge in [-0.15, -0.1) is 0 Å². The van der Waals surface area contributed by atoms with Gasteiger partial charge >= 0.3 is 0 Å². The van der Waals surface area contributed by atoms with Crippen molar-refractivity contribution in [2.24, 2.45) is 0 Å². The maximum atomic E-state index is 13.7. The van der Waals surface area contributed by atoms with Crippen LogP contribution in [-0.2, 0) is 4.79 Å². The Balaban J connectivity index is 1.28. The summed E-state index contributed by atoms with van der Waals surface area (Å²) in [6.45, 7) is 5.29. The topological polar surface area (TPSA) is 74.5 Å². The number of benzene rings is 2. The first kappa shape index (κ1) is 20.2. The average Bonchev–Trinajstić information content (AvgIpc) is 3.26. The van der Waals surface area contributed by atoms with E-state index in [9.17, 15) is 9.18 Å². The molecule has 156 valence electrons. The van der Waals surface area contributed by atoms with Crippen LogP contribution in [0.25, 0.3) is 11.4 Å². The van der Waals surface area contributed by atoms with Gasteiger partial charge in [0.15, 0.2) is 0 Å². The number of hydrogen-bond donors (Lipinski definition) is 1. The van der Waals surface area contributed by atoms with Crippen LogP contribution in [0.3, 0.4) is 0 Å². The monoisotopic (exact) mass is 409 g/mol. The van der Waals surface area contributed by atoms with Gasteiger partial charge in [0, 0.05) is 31.7 Å². The van der Waals surface area contributed by atoms with Gasteiger partial charge in [-0.1, -0.05) is 47.6 Å². The minimum Gasteiger partial charge on any atom is -0.337 e. The van der Waals surface area contributed by atoms with Gasteiger partial charge < -0.3 is 9.84 Å². The van der Waals surface area contributed by atoms with E-state index in [1.54, 1.807) is 18.2 Å². The average molecular weight is 409 g/mol. The lowest BCUT2D eigenvalue weighted by molar-refractivity contribution is -0.117. The van der Waals surface area contributed by atoms with Gasteiger partial charge in [-0.2, -0.15) is 4.98 Å². The summed E-state index contributed by atoms with van der Waals surface area (Å²) < 4.78 is 19.2. The number of piperazine rings is 1. The molecule has 1 amide bonds. The van der Waals surface area contributed by atoms with Gasteiger partial charge in [0.2, 0.25) is 17.6 Å². The summed E-state index contributed by atoms with van der Waals surface area (Å²) >= 11 is 0. The van der Waals surface area contributed by atoms with E-state index in [2.05, 4.69) is 25.3 Å². The fraction of sp³-hybridized carbons (Fsp3) is 0.318. The van der Waals surface area contributed by atoms with E-state index < -0.39 is 5.82 Å². The highest BCUT2D eigenvalue weighted by molar-refractivity contribution is 5.92. The van der Waals surface area contributed by atoms with Gasteiger partial charge in [0.1, 0.15) is 5.82 Å². The number of halogens is 1. The largest absolute Gasteiger partial charge is 0.337 e. The number of hydrogen-bond acceptors (Lipinski definition) is 6. The number of para-hydroxylation sites is 1. The Morgan fingerprint density at radius 1 is 1.10 bits per heavy atom. The second-order valence-corrected chi connectivity index (χ2v) is 7.34. The minimum atomic E-state index is -0.432. The molecule has 8 heteroatoms. The van der Waals surface area contributed by atoms with Crippen molar-refractivity contribution in [2.75, 3.05) is 38.0 Å². The molecule has 1 aliphatic heterocycles. The van der Waals surface area contributed by atoms with Crippen molar-refractivity contribution >= 4 is 11.6 Å². The predicted molar refractivity (Wildman–Crippen MR) is 111 cm³/mol. The zero-order chi connectivity index (χ0) is 20.9. The molecule has 2 aromatic carbocycles. The summed E-state index contributed by atoms with van der Waals surface area (Å²) in [6.07, 6.45) is 0. The van der Waals surface area contributed by atoms with E-state index in [1.807, 2.05) is 37.3 Å². The van der Waals surface area contributed by atoms with E-state index in [0.717, 1.165) is 31.7 Å². The van der Waals surface area contributed by atoms with Crippen molar-refractivity contribution < 1.29 is 13.7 Å². The Morgan fingerprint density at radius 3 is 2.53 bits per heavy atom. The number of amides is 1. The number of carbonyl (C=O) groups is 1. The van der Waals surface area contributed by atoms with Crippen LogP contribution in [0.5, 0.6) is 0 Å². The summed E-state index contributed by atoms with van der Waals surface area (Å²) in [7, 11) is 0. The quantitative estimate of drug-likeness (QED) is 0.674. The molecule has 30 heavy (non-hydrogen) atoms. The molecule has 0 bridgehead atoms. The van der Waals surface area contributed by atoms with E-state index >= 15 is 0 Å². The highest BCUT2D eigenvalue weighted by Gasteiger charge is 2.26. The Labute approximate surface area is 174 Å². The highest BCUT2D eigenvalue weighted by atomic mass is 19.1. The molecule has 0 saturated carbocycles. The van der Waals surface area contributed by atoms with Crippen LogP contribution in [0.1, 0.15) is 18.9 Å². The SMILES string of the molecule is CC(c1nc(-c2ccccc2)no1)N1CCN(CC(=O)Nc2ccccc2F)CC1. The zero-order valence-corrected chi connectivity index (χ0v) is 16.8. The molecule has 0 spiro atoms. The second kappa shape index (κ2) is 9.15. The molecule has 3 aromatic rings. The van der Waals surface area contributed by atoms with Crippen molar-refractivity contribution in [1.29, 1.82) is 0 Å². The molecule has 4 rings (SSSR count). The minimum absolute atomic E-state index is 0.00986. The van der Waals surface area contributed by atoms with Crippen LogP contribution in [0.2, 0.25) is 0 Å². The maximum Gasteiger partial charge on any atom is 0.244 e. The van der Waals surface area contributed by atoms with E-state index in [1.165, 1.54) is 6.07 Å². The molecule has 0 aliphatic carbocycles. The fourth-order valence-electron chi connectivity index (χ4n) is 3.53. The number of carbonyl (C=O) groups excluding carboxylic acids is 1. The summed E-state index contributed by atoms with van der Waals surface area (Å²) in [5.41, 5.74) is 1.13. The molecule has 0 radical (unpaired) electrons. The first-order valence-electron chi connectivity index (χ1n) is 10.00. The third kappa shape index (κ3) is 4.72. The Kier molecular flexibility index (Phi) is 6.15. The summed E-state index contributed by atoms with van der Waals surface area (Å²) in [5, 5.41) is 6.73. The van der Waals surface area contributed by atoms with Crippen molar-refractivity contribution in [3.63, 3.8) is 0 Å². The van der Waals surface area contributed by atoms with Crippen LogP contribution in [0.15, 0.2) is 59.1 Å². The second-order valence-electron chi connectivity index (χ2n) is 7.34. The molecule has 2 heterocycles. The van der Waals surface area contributed by atoms with E-state index in [-0.39, 0.29) is 24.2 Å². The van der Waals surface area contributed by atoms with Gasteiger partial charge in [-0.25, -0.2) is 4.39 Å². The van der Waals surface area contributed by atoms with Crippen LogP contribution < -0.4 is 5.32 Å². The van der Waals surface area contributed by atoms with Gasteiger partial charge in [0.25, 0.3) is 0 Å². The standard InChI is InChI=1S/C22H24FN5O2/c1-16(22-25-21(26-30-22)17-7-3-2-4-8-17)28-13-11-27(12-14-28)15-20(29)24-19-10-6-5-9-18(19)23/h2-10,16H,11-15H2,1H3,(H,24,29). The first-order valence-corrected chi connectivity index (χ1v) is 10.00. The third-order valence-corrected chi connectivity index (χ3v) is 5.30. The van der Waals surface area contributed by atoms with Gasteiger partial charge in [-0.05, 0) is 19.1 Å². The van der Waals surface area contributed by atoms with E-state index in [4.69, 9.17) is 4.52 Å². The third-order valence-electron chi connectivity index (χ3n) is 5.30. The van der Waals surface area contributed by atoms with Crippen LogP contribution in [0.4, 0.5) is 10.1 Å². The zero-order valence-electron chi connectivity index (χ0n) is 16.8. The van der Waals surface area contributed by atoms with Crippen molar-refractivity contribution in [3.8, 4) is 11.4 Å². The molecular formula is C22H24FN5O2. The molecule has 1 N–H and O–H groups in total. The molecule has 1 atom stereocenters. The molecule has 1 saturated heterocycles. The molecule has 1 aliphatic rings. The lowest BCUT2D eigenvalue weighted by Crippen LogP contribution is -2.49. The molecule has 1 aromatic heterocycles. The summed E-state index contributed by atoms with van der Waals surface area (Å²) in [4.78, 5) is 21.1. The van der Waals surface area contributed by atoms with Crippen molar-refractivity contribution in [1.82, 2.24) is 19.9 Å². The van der Waals surface area contributed by atoms with Crippen molar-refractivity contribution in [3.05, 3.63) is 66.3 Å². The fourth-order valence-corrected chi connectivity index (χ4v) is 3.53. The number of anilines is 1. The number of nitrogens with one attached hydrogen (secondary N) is 1. The van der Waals surface area contributed by atoms with Crippen LogP contribution in [-0.4, -0.2) is 58.6 Å². The highest BCUT2D eigenvalue weighted by Crippen LogP contribution is 2.23. The van der Waals surface area contributed by atoms with Crippen LogP contribution in [0, 0.1) is 5.82 Å². The van der Waals surface area contributed by atoms with Gasteiger partial charge in [0.05, 0.1) is 18.3 Å². The first-order chi connectivity index (χ1) is 14.6. The maximum absolute atomic E-state index is 13.7. The van der Waals surface area contributed by atoms with Crippen LogP contribution >= 0.6 is 0 Å². The Hall–Kier alpha value is -3.10. The lowest BCUT2D eigenvalue weighted by atomic mass is 10.2. The smallest absolute Gasteiger partial charge is 0.244 e. The molecule has 1 unspecified atom stereocenters. The van der Waals surface area contributed by atoms with E-state index in [0.29, 0.717) is 11.7 Å². The summed E-state index contributed by atoms with van der Waals surface area (Å²) in [6, 6.07) is 15.9. The normalized spacial score (nSPS) is 16.3. The number of aromatic nitrogens is 2. The lowest BCUT2D eigenvalue weighted by Gasteiger charge is -2.36.